The molecule has 4 aromatic rings. The summed E-state index contributed by atoms with van der Waals surface area (Å²) in [6.07, 6.45) is 0. The summed E-state index contributed by atoms with van der Waals surface area (Å²) >= 11 is 0. The average Bonchev–Trinajstić information content (AvgIpc) is 2.89. The van der Waals surface area contributed by atoms with Crippen LogP contribution in [0.5, 0.6) is 0 Å². The maximum atomic E-state index is 8.83. The Hall–Kier alpha value is -4.40. The average molecular weight is 489 g/mol. The van der Waals surface area contributed by atoms with Crippen LogP contribution in [0, 0.1) is 0 Å². The number of nitrogens with two attached hydrogens (primary N) is 4. The molecule has 0 aliphatic rings. The van der Waals surface area contributed by atoms with Crippen LogP contribution in [0.15, 0.2) is 103 Å². The van der Waals surface area contributed by atoms with E-state index in [0.29, 0.717) is 18.8 Å². The van der Waals surface area contributed by atoms with Gasteiger partial charge in [0.25, 0.3) is 0 Å². The van der Waals surface area contributed by atoms with Gasteiger partial charge in [-0.25, -0.2) is 0 Å². The minimum Gasteiger partial charge on any atom is -0.399 e. The number of aliphatic hydroxyl groups is 2. The predicted octanol–water partition coefficient (Wildman–Crippen LogP) is 3.92. The molecule has 0 saturated carbocycles. The van der Waals surface area contributed by atoms with Gasteiger partial charge in [0.1, 0.15) is 0 Å². The van der Waals surface area contributed by atoms with Crippen molar-refractivity contribution in [3.8, 4) is 0 Å². The van der Waals surface area contributed by atoms with Gasteiger partial charge in [0.15, 0.2) is 0 Å². The zero-order chi connectivity index (χ0) is 26.2. The van der Waals surface area contributed by atoms with Crippen LogP contribution < -0.4 is 33.2 Å². The Balaban J connectivity index is 0.000000198. The van der Waals surface area contributed by atoms with Crippen LogP contribution in [0.2, 0.25) is 0 Å². The van der Waals surface area contributed by atoms with Crippen molar-refractivity contribution < 1.29 is 10.2 Å². The second kappa shape index (κ2) is 15.5. The number of nitrogens with one attached hydrogen (secondary N) is 1. The van der Waals surface area contributed by atoms with Crippen LogP contribution in [-0.4, -0.2) is 36.5 Å². The number of para-hydroxylation sites is 1. The Kier molecular flexibility index (Phi) is 12.0. The van der Waals surface area contributed by atoms with Crippen molar-refractivity contribution in [3.05, 3.63) is 103 Å². The van der Waals surface area contributed by atoms with Crippen molar-refractivity contribution in [2.45, 2.75) is 0 Å². The highest BCUT2D eigenvalue weighted by molar-refractivity contribution is 5.61. The molecule has 0 aliphatic carbocycles. The molecular weight excluding hydrogens is 452 g/mol. The van der Waals surface area contributed by atoms with E-state index in [0.717, 1.165) is 34.1 Å². The van der Waals surface area contributed by atoms with Gasteiger partial charge in [-0.2, -0.15) is 0 Å². The van der Waals surface area contributed by atoms with E-state index in [1.165, 1.54) is 0 Å². The Bertz CT molecular complexity index is 1080. The highest BCUT2D eigenvalue weighted by Crippen LogP contribution is 2.17. The molecule has 0 unspecified atom stereocenters. The number of nitrogens with zero attached hydrogens (tertiary/aromatic N) is 1. The third-order valence-corrected chi connectivity index (χ3v) is 4.91. The van der Waals surface area contributed by atoms with E-state index < -0.39 is 0 Å². The summed E-state index contributed by atoms with van der Waals surface area (Å²) in [6, 6.07) is 32.2. The van der Waals surface area contributed by atoms with E-state index in [4.69, 9.17) is 33.1 Å². The first-order chi connectivity index (χ1) is 17.4. The first kappa shape index (κ1) is 27.8. The first-order valence-electron chi connectivity index (χ1n) is 11.5. The fourth-order valence-corrected chi connectivity index (χ4v) is 3.05. The number of nitrogen functional groups attached to an aromatic ring is 4. The summed E-state index contributed by atoms with van der Waals surface area (Å²) in [5.41, 5.74) is 28.0. The molecule has 0 radical (unpaired) electrons. The van der Waals surface area contributed by atoms with Gasteiger partial charge < -0.3 is 43.4 Å². The fraction of sp³-hybridized carbons (Fsp3) is 0.143. The quantitative estimate of drug-likeness (QED) is 0.193. The highest BCUT2D eigenvalue weighted by atomic mass is 16.3. The SMILES string of the molecule is Nc1ccc(N(CCO)CCO)cc1.Nc1ccc(N)cc1.Nc1ccc(Nc2ccccc2)cc1. The van der Waals surface area contributed by atoms with Crippen molar-refractivity contribution >= 4 is 39.8 Å². The van der Waals surface area contributed by atoms with Crippen molar-refractivity contribution in [2.75, 3.05) is 59.5 Å². The van der Waals surface area contributed by atoms with Crippen LogP contribution in [0.25, 0.3) is 0 Å². The maximum absolute atomic E-state index is 8.83. The number of hydrogen-bond acceptors (Lipinski definition) is 8. The summed E-state index contributed by atoms with van der Waals surface area (Å²) in [6.45, 7) is 1.18. The topological polar surface area (TPSA) is 160 Å². The molecule has 11 N–H and O–H groups in total. The summed E-state index contributed by atoms with van der Waals surface area (Å²) in [7, 11) is 0. The minimum absolute atomic E-state index is 0.0738. The molecule has 4 aromatic carbocycles. The first-order valence-corrected chi connectivity index (χ1v) is 11.5. The van der Waals surface area contributed by atoms with Crippen LogP contribution >= 0.6 is 0 Å². The molecule has 0 aromatic heterocycles. The van der Waals surface area contributed by atoms with Gasteiger partial charge in [0.2, 0.25) is 0 Å². The predicted molar refractivity (Wildman–Crippen MR) is 153 cm³/mol. The summed E-state index contributed by atoms with van der Waals surface area (Å²) < 4.78 is 0. The van der Waals surface area contributed by atoms with E-state index in [9.17, 15) is 0 Å². The summed E-state index contributed by atoms with van der Waals surface area (Å²) in [5.74, 6) is 0. The lowest BCUT2D eigenvalue weighted by molar-refractivity contribution is 0.281. The van der Waals surface area contributed by atoms with Gasteiger partial charge >= 0.3 is 0 Å². The van der Waals surface area contributed by atoms with Crippen molar-refractivity contribution in [1.82, 2.24) is 0 Å². The molecule has 0 bridgehead atoms. The molecule has 0 aliphatic heterocycles. The van der Waals surface area contributed by atoms with Crippen LogP contribution in [0.3, 0.4) is 0 Å². The number of anilines is 7. The second-order valence-electron chi connectivity index (χ2n) is 7.81. The van der Waals surface area contributed by atoms with Gasteiger partial charge in [0.05, 0.1) is 13.2 Å². The molecule has 0 saturated heterocycles. The monoisotopic (exact) mass is 488 g/mol. The third-order valence-electron chi connectivity index (χ3n) is 4.91. The Morgan fingerprint density at radius 1 is 0.500 bits per heavy atom. The van der Waals surface area contributed by atoms with Gasteiger partial charge in [-0.15, -0.1) is 0 Å². The number of aliphatic hydroxyl groups excluding tert-OH is 2. The fourth-order valence-electron chi connectivity index (χ4n) is 3.05. The van der Waals surface area contributed by atoms with E-state index in [-0.39, 0.29) is 13.2 Å². The lowest BCUT2D eigenvalue weighted by Gasteiger charge is -2.22. The second-order valence-corrected chi connectivity index (χ2v) is 7.81. The van der Waals surface area contributed by atoms with Gasteiger partial charge in [0, 0.05) is 52.9 Å². The van der Waals surface area contributed by atoms with Crippen LogP contribution in [0.1, 0.15) is 0 Å². The van der Waals surface area contributed by atoms with Gasteiger partial charge in [-0.3, -0.25) is 0 Å². The van der Waals surface area contributed by atoms with E-state index in [2.05, 4.69) is 5.32 Å². The van der Waals surface area contributed by atoms with Gasteiger partial charge in [-0.05, 0) is 84.9 Å². The van der Waals surface area contributed by atoms with E-state index in [1.54, 1.807) is 36.4 Å². The third kappa shape index (κ3) is 10.7. The molecule has 36 heavy (non-hydrogen) atoms. The lowest BCUT2D eigenvalue weighted by Crippen LogP contribution is -2.29. The Morgan fingerprint density at radius 3 is 1.28 bits per heavy atom. The molecule has 0 amide bonds. The zero-order valence-corrected chi connectivity index (χ0v) is 20.3. The van der Waals surface area contributed by atoms with Crippen LogP contribution in [-0.2, 0) is 0 Å². The van der Waals surface area contributed by atoms with E-state index in [1.807, 2.05) is 71.6 Å². The normalized spacial score (nSPS) is 9.72. The zero-order valence-electron chi connectivity index (χ0n) is 20.3. The molecule has 0 atom stereocenters. The van der Waals surface area contributed by atoms with Crippen LogP contribution in [0.4, 0.5) is 39.8 Å². The lowest BCUT2D eigenvalue weighted by atomic mass is 10.2. The standard InChI is InChI=1S/C12H12N2.C10H16N2O2.C6H8N2/c13-10-6-8-12(9-7-10)14-11-4-2-1-3-5-11;11-9-1-3-10(4-2-9)12(5-7-13)6-8-14;7-5-1-2-6(8)4-3-5/h1-9,14H,13H2;1-4,13-14H,5-8,11H2;1-4H,7-8H2. The summed E-state index contributed by atoms with van der Waals surface area (Å²) in [4.78, 5) is 1.90. The number of benzene rings is 4. The molecule has 4 rings (SSSR count). The Labute approximate surface area is 212 Å². The van der Waals surface area contributed by atoms with Gasteiger partial charge in [-0.1, -0.05) is 18.2 Å². The number of hydrogen-bond donors (Lipinski definition) is 7. The summed E-state index contributed by atoms with van der Waals surface area (Å²) in [5, 5.41) is 20.9. The van der Waals surface area contributed by atoms with Crippen molar-refractivity contribution in [2.24, 2.45) is 0 Å². The molecule has 0 spiro atoms. The molecular formula is C28H36N6O2. The van der Waals surface area contributed by atoms with E-state index >= 15 is 0 Å². The molecule has 190 valence electrons. The van der Waals surface area contributed by atoms with Crippen molar-refractivity contribution in [1.29, 1.82) is 0 Å². The maximum Gasteiger partial charge on any atom is 0.0606 e. The minimum atomic E-state index is 0.0738. The largest absolute Gasteiger partial charge is 0.399 e. The molecule has 8 heteroatoms. The molecule has 8 nitrogen and oxygen atoms in total. The van der Waals surface area contributed by atoms with Crippen molar-refractivity contribution in [3.63, 3.8) is 0 Å². The Morgan fingerprint density at radius 2 is 0.861 bits per heavy atom. The molecule has 0 fully saturated rings. The number of rotatable bonds is 7. The smallest absolute Gasteiger partial charge is 0.0606 e. The highest BCUT2D eigenvalue weighted by Gasteiger charge is 2.04. The molecule has 0 heterocycles.